The van der Waals surface area contributed by atoms with Gasteiger partial charge in [-0.1, -0.05) is 48.0 Å². The minimum atomic E-state index is -0.577. The summed E-state index contributed by atoms with van der Waals surface area (Å²) in [5.74, 6) is -1.02. The third kappa shape index (κ3) is 4.66. The zero-order valence-electron chi connectivity index (χ0n) is 15.1. The third-order valence-corrected chi connectivity index (χ3v) is 4.51. The Morgan fingerprint density at radius 1 is 1.11 bits per heavy atom. The average molecular weight is 396 g/mol. The van der Waals surface area contributed by atoms with Gasteiger partial charge in [0, 0.05) is 16.3 Å². The van der Waals surface area contributed by atoms with E-state index in [1.807, 2.05) is 31.2 Å². The van der Waals surface area contributed by atoms with Crippen LogP contribution < -0.4 is 10.7 Å². The molecule has 0 fully saturated rings. The van der Waals surface area contributed by atoms with Gasteiger partial charge in [0.1, 0.15) is 12.2 Å². The molecule has 3 aromatic carbocycles. The second-order valence-corrected chi connectivity index (χ2v) is 6.61. The number of phenols is 1. The van der Waals surface area contributed by atoms with Crippen molar-refractivity contribution in [1.29, 1.82) is 0 Å². The summed E-state index contributed by atoms with van der Waals surface area (Å²) in [7, 11) is 0. The second-order valence-electron chi connectivity index (χ2n) is 6.20. The first-order valence-electron chi connectivity index (χ1n) is 8.52. The topological polar surface area (TPSA) is 90.8 Å². The van der Waals surface area contributed by atoms with E-state index in [1.54, 1.807) is 30.3 Å². The molecular formula is C21H18ClN3O3. The van der Waals surface area contributed by atoms with Crippen LogP contribution in [0, 0.1) is 6.92 Å². The van der Waals surface area contributed by atoms with Crippen LogP contribution in [0.1, 0.15) is 17.5 Å². The fourth-order valence-electron chi connectivity index (χ4n) is 2.65. The normalized spacial score (nSPS) is 10.9. The highest BCUT2D eigenvalue weighted by molar-refractivity contribution is 6.31. The van der Waals surface area contributed by atoms with Crippen molar-refractivity contribution in [2.24, 2.45) is 5.10 Å². The van der Waals surface area contributed by atoms with Crippen molar-refractivity contribution in [1.82, 2.24) is 5.43 Å². The van der Waals surface area contributed by atoms with Crippen LogP contribution in [0.25, 0.3) is 10.8 Å². The van der Waals surface area contributed by atoms with Crippen LogP contribution in [-0.2, 0) is 9.59 Å². The Labute approximate surface area is 166 Å². The molecule has 7 heteroatoms. The Bertz CT molecular complexity index is 1080. The van der Waals surface area contributed by atoms with Crippen molar-refractivity contribution in [3.8, 4) is 5.75 Å². The van der Waals surface area contributed by atoms with Gasteiger partial charge < -0.3 is 10.4 Å². The first-order valence-corrected chi connectivity index (χ1v) is 8.90. The molecule has 0 saturated carbocycles. The van der Waals surface area contributed by atoms with E-state index in [-0.39, 0.29) is 5.75 Å². The number of carbonyl (C=O) groups is 2. The van der Waals surface area contributed by atoms with Crippen LogP contribution in [-0.4, -0.2) is 23.1 Å². The minimum absolute atomic E-state index is 0.0469. The number of aryl methyl sites for hydroxylation is 1. The fraction of sp³-hybridized carbons (Fsp3) is 0.0952. The van der Waals surface area contributed by atoms with E-state index in [0.29, 0.717) is 16.3 Å². The van der Waals surface area contributed by atoms with Gasteiger partial charge in [-0.2, -0.15) is 5.10 Å². The molecule has 6 nitrogen and oxygen atoms in total. The summed E-state index contributed by atoms with van der Waals surface area (Å²) in [6.07, 6.45) is 0.956. The molecule has 142 valence electrons. The van der Waals surface area contributed by atoms with Crippen LogP contribution >= 0.6 is 11.6 Å². The molecule has 2 amide bonds. The molecule has 0 heterocycles. The summed E-state index contributed by atoms with van der Waals surface area (Å²) in [4.78, 5) is 23.9. The number of hydrazone groups is 1. The summed E-state index contributed by atoms with van der Waals surface area (Å²) < 4.78 is 0. The summed E-state index contributed by atoms with van der Waals surface area (Å²) in [5, 5.41) is 18.8. The molecule has 0 aromatic heterocycles. The van der Waals surface area contributed by atoms with E-state index in [4.69, 9.17) is 11.6 Å². The van der Waals surface area contributed by atoms with E-state index >= 15 is 0 Å². The lowest BCUT2D eigenvalue weighted by Gasteiger charge is -2.07. The molecule has 0 aliphatic rings. The van der Waals surface area contributed by atoms with Crippen LogP contribution in [0.5, 0.6) is 5.75 Å². The highest BCUT2D eigenvalue weighted by Crippen LogP contribution is 2.25. The number of aromatic hydroxyl groups is 1. The lowest BCUT2D eigenvalue weighted by molar-refractivity contribution is -0.126. The van der Waals surface area contributed by atoms with E-state index in [2.05, 4.69) is 15.8 Å². The summed E-state index contributed by atoms with van der Waals surface area (Å²) >= 11 is 6.01. The van der Waals surface area contributed by atoms with Gasteiger partial charge in [0.05, 0.1) is 6.21 Å². The molecule has 0 atom stereocenters. The van der Waals surface area contributed by atoms with E-state index in [0.717, 1.165) is 16.3 Å². The van der Waals surface area contributed by atoms with E-state index in [9.17, 15) is 14.7 Å². The Morgan fingerprint density at radius 2 is 1.89 bits per heavy atom. The van der Waals surface area contributed by atoms with Gasteiger partial charge in [0.15, 0.2) is 0 Å². The number of hydrogen-bond acceptors (Lipinski definition) is 4. The number of carbonyl (C=O) groups excluding carboxylic acids is 2. The smallest absolute Gasteiger partial charge is 0.249 e. The Balaban J connectivity index is 1.60. The Morgan fingerprint density at radius 3 is 2.68 bits per heavy atom. The molecule has 0 unspecified atom stereocenters. The SMILES string of the molecule is Cc1ccc(NC(=O)CC(=O)NN=Cc2c(O)ccc3ccccc23)cc1Cl. The van der Waals surface area contributed by atoms with Gasteiger partial charge in [-0.15, -0.1) is 0 Å². The van der Waals surface area contributed by atoms with Gasteiger partial charge in [-0.25, -0.2) is 5.43 Å². The molecule has 28 heavy (non-hydrogen) atoms. The number of phenolic OH excluding ortho intramolecular Hbond substituents is 1. The van der Waals surface area contributed by atoms with E-state index < -0.39 is 18.2 Å². The molecule has 0 spiro atoms. The second kappa shape index (κ2) is 8.54. The summed E-state index contributed by atoms with van der Waals surface area (Å²) in [6.45, 7) is 1.85. The molecule has 3 aromatic rings. The van der Waals surface area contributed by atoms with Crippen LogP contribution in [0.15, 0.2) is 59.7 Å². The Hall–Kier alpha value is -3.38. The van der Waals surface area contributed by atoms with Crippen molar-refractivity contribution in [2.75, 3.05) is 5.32 Å². The number of nitrogens with zero attached hydrogens (tertiary/aromatic N) is 1. The van der Waals surface area contributed by atoms with Crippen molar-refractivity contribution in [2.45, 2.75) is 13.3 Å². The number of hydrogen-bond donors (Lipinski definition) is 3. The molecule has 3 N–H and O–H groups in total. The van der Waals surface area contributed by atoms with E-state index in [1.165, 1.54) is 6.21 Å². The predicted octanol–water partition coefficient (Wildman–Crippen LogP) is 3.99. The number of nitrogens with one attached hydrogen (secondary N) is 2. The maximum absolute atomic E-state index is 12.0. The maximum Gasteiger partial charge on any atom is 0.249 e. The fourth-order valence-corrected chi connectivity index (χ4v) is 2.83. The number of halogens is 1. The number of fused-ring (bicyclic) bond motifs is 1. The number of anilines is 1. The minimum Gasteiger partial charge on any atom is -0.507 e. The standard InChI is InChI=1S/C21H18ClN3O3/c1-13-6-8-15(10-18(13)22)24-20(27)11-21(28)25-23-12-17-16-5-3-2-4-14(16)7-9-19(17)26/h2-10,12,26H,11H2,1H3,(H,24,27)(H,25,28). The van der Waals surface area contributed by atoms with Crippen LogP contribution in [0.2, 0.25) is 5.02 Å². The number of amides is 2. The zero-order chi connectivity index (χ0) is 20.1. The molecule has 0 aliphatic carbocycles. The van der Waals surface area contributed by atoms with Crippen LogP contribution in [0.3, 0.4) is 0 Å². The lowest BCUT2D eigenvalue weighted by Crippen LogP contribution is -2.24. The first-order chi connectivity index (χ1) is 13.4. The lowest BCUT2D eigenvalue weighted by atomic mass is 10.0. The average Bonchev–Trinajstić information content (AvgIpc) is 2.66. The highest BCUT2D eigenvalue weighted by Gasteiger charge is 2.10. The van der Waals surface area contributed by atoms with Gasteiger partial charge in [-0.3, -0.25) is 9.59 Å². The Kier molecular flexibility index (Phi) is 5.91. The van der Waals surface area contributed by atoms with Gasteiger partial charge in [0.2, 0.25) is 11.8 Å². The highest BCUT2D eigenvalue weighted by atomic mass is 35.5. The molecule has 0 radical (unpaired) electrons. The van der Waals surface area contributed by atoms with Crippen molar-refractivity contribution in [3.05, 3.63) is 70.7 Å². The zero-order valence-corrected chi connectivity index (χ0v) is 15.8. The summed E-state index contributed by atoms with van der Waals surface area (Å²) in [5.41, 5.74) is 4.18. The van der Waals surface area contributed by atoms with Gasteiger partial charge >= 0.3 is 0 Å². The largest absolute Gasteiger partial charge is 0.507 e. The molecular weight excluding hydrogens is 378 g/mol. The van der Waals surface area contributed by atoms with Crippen LogP contribution in [0.4, 0.5) is 5.69 Å². The molecule has 0 aliphatic heterocycles. The monoisotopic (exact) mass is 395 g/mol. The first kappa shape index (κ1) is 19.4. The van der Waals surface area contributed by atoms with Gasteiger partial charge in [-0.05, 0) is 41.5 Å². The quantitative estimate of drug-likeness (QED) is 0.346. The van der Waals surface area contributed by atoms with Crippen molar-refractivity contribution in [3.63, 3.8) is 0 Å². The molecule has 0 bridgehead atoms. The van der Waals surface area contributed by atoms with Crippen molar-refractivity contribution >= 4 is 46.1 Å². The predicted molar refractivity (Wildman–Crippen MR) is 111 cm³/mol. The molecule has 0 saturated heterocycles. The third-order valence-electron chi connectivity index (χ3n) is 4.11. The number of rotatable bonds is 5. The van der Waals surface area contributed by atoms with Crippen molar-refractivity contribution < 1.29 is 14.7 Å². The maximum atomic E-state index is 12.0. The molecule has 3 rings (SSSR count). The number of benzene rings is 3. The summed E-state index contributed by atoms with van der Waals surface area (Å²) in [6, 6.07) is 15.9. The van der Waals surface area contributed by atoms with Gasteiger partial charge in [0.25, 0.3) is 0 Å².